The molecule has 0 aliphatic heterocycles. The van der Waals surface area contributed by atoms with E-state index in [1.165, 1.54) is 11.4 Å². The number of hydrogen-bond acceptors (Lipinski definition) is 4. The molecule has 0 saturated heterocycles. The number of methoxy groups -OCH3 is 1. The molecule has 0 aliphatic rings. The first-order valence-corrected chi connectivity index (χ1v) is 7.54. The summed E-state index contributed by atoms with van der Waals surface area (Å²) in [7, 11) is 0.993. The highest BCUT2D eigenvalue weighted by atomic mass is 19.4. The van der Waals surface area contributed by atoms with E-state index in [1.54, 1.807) is 0 Å². The van der Waals surface area contributed by atoms with Gasteiger partial charge in [-0.3, -0.25) is 4.79 Å². The highest BCUT2D eigenvalue weighted by Gasteiger charge is 2.40. The number of esters is 1. The van der Waals surface area contributed by atoms with Crippen molar-refractivity contribution in [1.82, 2.24) is 5.32 Å². The Bertz CT molecular complexity index is 397. The van der Waals surface area contributed by atoms with Crippen LogP contribution in [0.4, 0.5) is 13.2 Å². The van der Waals surface area contributed by atoms with Gasteiger partial charge in [0.15, 0.2) is 0 Å². The molecule has 0 aliphatic carbocycles. The van der Waals surface area contributed by atoms with E-state index >= 15 is 0 Å². The summed E-state index contributed by atoms with van der Waals surface area (Å²) in [5, 5.41) is 11.2. The Kier molecular flexibility index (Phi) is 10.3. The lowest BCUT2D eigenvalue weighted by Gasteiger charge is -2.15. The summed E-state index contributed by atoms with van der Waals surface area (Å²) < 4.78 is 40.9. The first-order chi connectivity index (χ1) is 10.7. The predicted molar refractivity (Wildman–Crippen MR) is 78.5 cm³/mol. The summed E-state index contributed by atoms with van der Waals surface area (Å²) in [6, 6.07) is -1.59. The Hall–Kier alpha value is -1.57. The lowest BCUT2D eigenvalue weighted by atomic mass is 10.1. The maximum Gasteiger partial charge on any atom is 0.471 e. The van der Waals surface area contributed by atoms with Crippen molar-refractivity contribution in [3.63, 3.8) is 0 Å². The molecule has 0 saturated carbocycles. The second-order valence-electron chi connectivity index (χ2n) is 5.13. The largest absolute Gasteiger partial charge is 0.471 e. The summed E-state index contributed by atoms with van der Waals surface area (Å²) in [6.07, 6.45) is 1.62. The minimum atomic E-state index is -5.10. The van der Waals surface area contributed by atoms with Gasteiger partial charge in [-0.2, -0.15) is 13.2 Å². The number of carbonyl (C=O) groups excluding carboxylic acids is 2. The van der Waals surface area contributed by atoms with E-state index in [0.29, 0.717) is 6.42 Å². The summed E-state index contributed by atoms with van der Waals surface area (Å²) in [5.41, 5.74) is 0. The Morgan fingerprint density at radius 2 is 1.78 bits per heavy atom. The molecule has 0 bridgehead atoms. The second kappa shape index (κ2) is 11.0. The Balaban J connectivity index is 4.47. The average molecular weight is 339 g/mol. The third kappa shape index (κ3) is 9.93. The average Bonchev–Trinajstić information content (AvgIpc) is 2.49. The molecule has 0 rings (SSSR count). The zero-order chi connectivity index (χ0) is 17.9. The monoisotopic (exact) mass is 339 g/mol. The van der Waals surface area contributed by atoms with Crippen LogP contribution in [-0.2, 0) is 14.3 Å². The molecule has 0 radical (unpaired) electrons. The van der Waals surface area contributed by atoms with Crippen LogP contribution < -0.4 is 5.32 Å². The third-order valence-electron chi connectivity index (χ3n) is 3.13. The molecule has 0 aromatic carbocycles. The van der Waals surface area contributed by atoms with Crippen molar-refractivity contribution in [2.24, 2.45) is 0 Å². The molecule has 2 atom stereocenters. The van der Waals surface area contributed by atoms with Gasteiger partial charge in [-0.05, 0) is 6.42 Å². The molecular weight excluding hydrogens is 315 g/mol. The number of amides is 1. The van der Waals surface area contributed by atoms with E-state index in [1.807, 2.05) is 0 Å². The molecule has 134 valence electrons. The normalized spacial score (nSPS) is 14.5. The number of nitrogens with one attached hydrogen (secondary N) is 1. The highest BCUT2D eigenvalue weighted by Crippen LogP contribution is 2.15. The van der Waals surface area contributed by atoms with Crippen LogP contribution in [0, 0.1) is 0 Å². The SMILES string of the molecule is CCCCCCCC(O)C=CC(NC(=O)C(F)(F)F)C(=O)OC. The van der Waals surface area contributed by atoms with E-state index in [2.05, 4.69) is 11.7 Å². The van der Waals surface area contributed by atoms with Gasteiger partial charge in [-0.25, -0.2) is 4.79 Å². The highest BCUT2D eigenvalue weighted by molar-refractivity contribution is 5.88. The van der Waals surface area contributed by atoms with Crippen LogP contribution in [0.1, 0.15) is 45.4 Å². The molecule has 5 nitrogen and oxygen atoms in total. The smallest absolute Gasteiger partial charge is 0.467 e. The van der Waals surface area contributed by atoms with Crippen LogP contribution in [0.15, 0.2) is 12.2 Å². The third-order valence-corrected chi connectivity index (χ3v) is 3.13. The Labute approximate surface area is 133 Å². The van der Waals surface area contributed by atoms with Crippen LogP contribution in [-0.4, -0.2) is 42.4 Å². The summed E-state index contributed by atoms with van der Waals surface area (Å²) >= 11 is 0. The molecule has 8 heteroatoms. The molecule has 0 heterocycles. The lowest BCUT2D eigenvalue weighted by molar-refractivity contribution is -0.175. The van der Waals surface area contributed by atoms with Gasteiger partial charge in [0.1, 0.15) is 6.04 Å². The summed E-state index contributed by atoms with van der Waals surface area (Å²) in [4.78, 5) is 22.3. The van der Waals surface area contributed by atoms with Crippen molar-refractivity contribution in [3.05, 3.63) is 12.2 Å². The van der Waals surface area contributed by atoms with Gasteiger partial charge in [0.25, 0.3) is 0 Å². The van der Waals surface area contributed by atoms with Crippen LogP contribution in [0.2, 0.25) is 0 Å². The van der Waals surface area contributed by atoms with E-state index in [-0.39, 0.29) is 0 Å². The molecule has 2 N–H and O–H groups in total. The molecule has 2 unspecified atom stereocenters. The number of alkyl halides is 3. The molecule has 1 amide bonds. The number of hydrogen-bond donors (Lipinski definition) is 2. The Morgan fingerprint density at radius 1 is 1.17 bits per heavy atom. The predicted octanol–water partition coefficient (Wildman–Crippen LogP) is 2.48. The lowest BCUT2D eigenvalue weighted by Crippen LogP contribution is -2.46. The standard InChI is InChI=1S/C15H24F3NO4/c1-3-4-5-6-7-8-11(20)9-10-12(13(21)23-2)19-14(22)15(16,17)18/h9-12,20H,3-8H2,1-2H3,(H,19,22). The number of unbranched alkanes of at least 4 members (excludes halogenated alkanes) is 4. The van der Waals surface area contributed by atoms with Gasteiger partial charge in [0, 0.05) is 0 Å². The zero-order valence-corrected chi connectivity index (χ0v) is 13.4. The van der Waals surface area contributed by atoms with Crippen LogP contribution in [0.5, 0.6) is 0 Å². The fraction of sp³-hybridized carbons (Fsp3) is 0.733. The van der Waals surface area contributed by atoms with Crippen molar-refractivity contribution in [3.8, 4) is 0 Å². The number of halogens is 3. The van der Waals surface area contributed by atoms with Crippen molar-refractivity contribution in [2.45, 2.75) is 63.8 Å². The molecule has 23 heavy (non-hydrogen) atoms. The van der Waals surface area contributed by atoms with Crippen molar-refractivity contribution in [1.29, 1.82) is 0 Å². The number of ether oxygens (including phenoxy) is 1. The topological polar surface area (TPSA) is 75.6 Å². The van der Waals surface area contributed by atoms with E-state index in [0.717, 1.165) is 45.3 Å². The fourth-order valence-electron chi connectivity index (χ4n) is 1.83. The molecule has 0 fully saturated rings. The van der Waals surface area contributed by atoms with Crippen LogP contribution in [0.3, 0.4) is 0 Å². The maximum absolute atomic E-state index is 12.2. The molecule has 0 spiro atoms. The number of aliphatic hydroxyl groups excluding tert-OH is 1. The minimum Gasteiger partial charge on any atom is -0.467 e. The summed E-state index contributed by atoms with van der Waals surface area (Å²) in [5.74, 6) is -3.29. The van der Waals surface area contributed by atoms with E-state index in [9.17, 15) is 27.9 Å². The van der Waals surface area contributed by atoms with Gasteiger partial charge in [-0.1, -0.05) is 51.2 Å². The summed E-state index contributed by atoms with van der Waals surface area (Å²) in [6.45, 7) is 2.08. The minimum absolute atomic E-state index is 0.432. The van der Waals surface area contributed by atoms with Gasteiger partial charge >= 0.3 is 18.1 Å². The molecule has 0 aromatic heterocycles. The van der Waals surface area contributed by atoms with E-state index < -0.39 is 30.2 Å². The van der Waals surface area contributed by atoms with Crippen LogP contribution >= 0.6 is 0 Å². The van der Waals surface area contributed by atoms with Gasteiger partial charge in [-0.15, -0.1) is 0 Å². The second-order valence-corrected chi connectivity index (χ2v) is 5.13. The fourth-order valence-corrected chi connectivity index (χ4v) is 1.83. The molecule has 0 aromatic rings. The van der Waals surface area contributed by atoms with Gasteiger partial charge in [0.2, 0.25) is 0 Å². The van der Waals surface area contributed by atoms with Gasteiger partial charge < -0.3 is 15.2 Å². The number of aliphatic hydroxyl groups is 1. The Morgan fingerprint density at radius 3 is 2.30 bits per heavy atom. The van der Waals surface area contributed by atoms with Crippen LogP contribution in [0.25, 0.3) is 0 Å². The maximum atomic E-state index is 12.2. The number of rotatable bonds is 10. The van der Waals surface area contributed by atoms with Gasteiger partial charge in [0.05, 0.1) is 13.2 Å². The first kappa shape index (κ1) is 21.4. The van der Waals surface area contributed by atoms with E-state index in [4.69, 9.17) is 0 Å². The van der Waals surface area contributed by atoms with Crippen molar-refractivity contribution in [2.75, 3.05) is 7.11 Å². The molecular formula is C15H24F3NO4. The number of carbonyl (C=O) groups is 2. The zero-order valence-electron chi connectivity index (χ0n) is 13.4. The van der Waals surface area contributed by atoms with Crippen molar-refractivity contribution < 1.29 is 32.6 Å². The first-order valence-electron chi connectivity index (χ1n) is 7.54. The van der Waals surface area contributed by atoms with Crippen molar-refractivity contribution >= 4 is 11.9 Å². The quantitative estimate of drug-likeness (QED) is 0.364.